The van der Waals surface area contributed by atoms with Gasteiger partial charge in [0.25, 0.3) is 0 Å². The molecule has 0 atom stereocenters. The van der Waals surface area contributed by atoms with E-state index in [-0.39, 0.29) is 0 Å². The third-order valence-corrected chi connectivity index (χ3v) is 3.17. The summed E-state index contributed by atoms with van der Waals surface area (Å²) in [4.78, 5) is 2.16. The minimum Gasteiger partial charge on any atom is -0.336 e. The molecule has 0 fully saturated rings. The second-order valence-corrected chi connectivity index (χ2v) is 5.30. The highest BCUT2D eigenvalue weighted by atomic mass is 79.9. The quantitative estimate of drug-likeness (QED) is 0.789. The highest BCUT2D eigenvalue weighted by Crippen LogP contribution is 2.25. The highest BCUT2D eigenvalue weighted by Gasteiger charge is 2.08. The third kappa shape index (κ3) is 2.54. The minimum atomic E-state index is 0.617. The van der Waals surface area contributed by atoms with Crippen molar-refractivity contribution in [3.05, 3.63) is 34.4 Å². The molecular weight excluding hydrogens is 276 g/mol. The van der Waals surface area contributed by atoms with Crippen molar-refractivity contribution in [2.24, 2.45) is 0 Å². The van der Waals surface area contributed by atoms with Gasteiger partial charge in [-0.2, -0.15) is 0 Å². The molecule has 88 valence electrons. The van der Waals surface area contributed by atoms with E-state index in [1.165, 1.54) is 16.5 Å². The Morgan fingerprint density at radius 3 is 2.82 bits per heavy atom. The zero-order valence-electron chi connectivity index (χ0n) is 10.1. The van der Waals surface area contributed by atoms with Gasteiger partial charge < -0.3 is 9.47 Å². The zero-order valence-corrected chi connectivity index (χ0v) is 11.7. The molecule has 17 heavy (non-hydrogen) atoms. The van der Waals surface area contributed by atoms with Crippen molar-refractivity contribution in [2.75, 3.05) is 14.1 Å². The SMILES string of the molecule is C#CCn1cc(CN(C)C)c2cc(Br)ccc21. The summed E-state index contributed by atoms with van der Waals surface area (Å²) in [5.41, 5.74) is 2.50. The van der Waals surface area contributed by atoms with Gasteiger partial charge in [0, 0.05) is 28.1 Å². The van der Waals surface area contributed by atoms with Crippen molar-refractivity contribution in [1.82, 2.24) is 9.47 Å². The molecule has 0 saturated heterocycles. The third-order valence-electron chi connectivity index (χ3n) is 2.67. The van der Waals surface area contributed by atoms with E-state index in [0.29, 0.717) is 6.54 Å². The van der Waals surface area contributed by atoms with Crippen LogP contribution in [0.4, 0.5) is 0 Å². The van der Waals surface area contributed by atoms with Crippen molar-refractivity contribution < 1.29 is 0 Å². The maximum Gasteiger partial charge on any atom is 0.0835 e. The first kappa shape index (κ1) is 12.2. The molecule has 0 spiro atoms. The molecule has 0 N–H and O–H groups in total. The van der Waals surface area contributed by atoms with Gasteiger partial charge in [0.15, 0.2) is 0 Å². The van der Waals surface area contributed by atoms with Gasteiger partial charge in [-0.15, -0.1) is 6.42 Å². The summed E-state index contributed by atoms with van der Waals surface area (Å²) in [6.07, 6.45) is 7.55. The summed E-state index contributed by atoms with van der Waals surface area (Å²) in [7, 11) is 4.14. The summed E-state index contributed by atoms with van der Waals surface area (Å²) in [6.45, 7) is 1.54. The molecular formula is C14H15BrN2. The van der Waals surface area contributed by atoms with Crippen LogP contribution in [0.15, 0.2) is 28.9 Å². The average molecular weight is 291 g/mol. The van der Waals surface area contributed by atoms with E-state index in [4.69, 9.17) is 6.42 Å². The van der Waals surface area contributed by atoms with E-state index in [1.54, 1.807) is 0 Å². The molecule has 3 heteroatoms. The molecule has 0 saturated carbocycles. The summed E-state index contributed by atoms with van der Waals surface area (Å²) < 4.78 is 3.23. The summed E-state index contributed by atoms with van der Waals surface area (Å²) >= 11 is 3.52. The Kier molecular flexibility index (Phi) is 3.56. The van der Waals surface area contributed by atoms with Gasteiger partial charge in [-0.05, 0) is 37.9 Å². The van der Waals surface area contributed by atoms with E-state index in [1.807, 2.05) is 0 Å². The van der Waals surface area contributed by atoms with Gasteiger partial charge in [-0.25, -0.2) is 0 Å². The van der Waals surface area contributed by atoms with Crippen molar-refractivity contribution in [1.29, 1.82) is 0 Å². The molecule has 0 amide bonds. The second-order valence-electron chi connectivity index (χ2n) is 4.39. The van der Waals surface area contributed by atoms with Crippen LogP contribution in [-0.4, -0.2) is 23.6 Å². The van der Waals surface area contributed by atoms with Gasteiger partial charge in [-0.1, -0.05) is 21.9 Å². The summed E-state index contributed by atoms with van der Waals surface area (Å²) in [6, 6.07) is 6.31. The molecule has 0 aliphatic rings. The number of hydrogen-bond donors (Lipinski definition) is 0. The molecule has 2 aromatic rings. The van der Waals surface area contributed by atoms with Gasteiger partial charge in [0.05, 0.1) is 6.54 Å². The van der Waals surface area contributed by atoms with Gasteiger partial charge >= 0.3 is 0 Å². The van der Waals surface area contributed by atoms with Crippen LogP contribution in [0.1, 0.15) is 5.56 Å². The van der Waals surface area contributed by atoms with E-state index in [0.717, 1.165) is 11.0 Å². The van der Waals surface area contributed by atoms with Gasteiger partial charge in [0.2, 0.25) is 0 Å². The molecule has 2 rings (SSSR count). The molecule has 1 aromatic carbocycles. The van der Waals surface area contributed by atoms with Crippen LogP contribution >= 0.6 is 15.9 Å². The molecule has 1 heterocycles. The first-order chi connectivity index (χ1) is 8.11. The molecule has 0 aliphatic carbocycles. The smallest absolute Gasteiger partial charge is 0.0835 e. The Bertz CT molecular complexity index is 576. The van der Waals surface area contributed by atoms with Crippen molar-refractivity contribution in [3.63, 3.8) is 0 Å². The van der Waals surface area contributed by atoms with E-state index >= 15 is 0 Å². The number of aromatic nitrogens is 1. The van der Waals surface area contributed by atoms with Crippen LogP contribution in [0.3, 0.4) is 0 Å². The lowest BCUT2D eigenvalue weighted by Crippen LogP contribution is -2.10. The fourth-order valence-corrected chi connectivity index (χ4v) is 2.40. The lowest BCUT2D eigenvalue weighted by molar-refractivity contribution is 0.403. The Labute approximate surface area is 110 Å². The number of benzene rings is 1. The molecule has 2 nitrogen and oxygen atoms in total. The zero-order chi connectivity index (χ0) is 12.4. The summed E-state index contributed by atoms with van der Waals surface area (Å²) in [5.74, 6) is 2.70. The molecule has 0 bridgehead atoms. The van der Waals surface area contributed by atoms with E-state index in [2.05, 4.69) is 69.8 Å². The maximum absolute atomic E-state index is 5.40. The first-order valence-electron chi connectivity index (χ1n) is 5.47. The van der Waals surface area contributed by atoms with Crippen LogP contribution in [0.2, 0.25) is 0 Å². The fourth-order valence-electron chi connectivity index (χ4n) is 2.04. The number of hydrogen-bond acceptors (Lipinski definition) is 1. The Morgan fingerprint density at radius 2 is 2.18 bits per heavy atom. The number of terminal acetylenes is 1. The highest BCUT2D eigenvalue weighted by molar-refractivity contribution is 9.10. The van der Waals surface area contributed by atoms with Crippen LogP contribution in [0.25, 0.3) is 10.9 Å². The number of nitrogens with zero attached hydrogens (tertiary/aromatic N) is 2. The number of fused-ring (bicyclic) bond motifs is 1. The van der Waals surface area contributed by atoms with Crippen molar-refractivity contribution in [2.45, 2.75) is 13.1 Å². The molecule has 0 radical (unpaired) electrons. The largest absolute Gasteiger partial charge is 0.336 e. The average Bonchev–Trinajstić information content (AvgIpc) is 2.56. The number of halogens is 1. The normalized spacial score (nSPS) is 11.0. The molecule has 0 unspecified atom stereocenters. The molecule has 0 aliphatic heterocycles. The van der Waals surface area contributed by atoms with Gasteiger partial charge in [-0.3, -0.25) is 0 Å². The van der Waals surface area contributed by atoms with Crippen LogP contribution in [0.5, 0.6) is 0 Å². The van der Waals surface area contributed by atoms with Crippen molar-refractivity contribution >= 4 is 26.8 Å². The predicted octanol–water partition coefficient (Wildman–Crippen LogP) is 3.10. The van der Waals surface area contributed by atoms with E-state index in [9.17, 15) is 0 Å². The van der Waals surface area contributed by atoms with Crippen LogP contribution in [-0.2, 0) is 13.1 Å². The Morgan fingerprint density at radius 1 is 1.41 bits per heavy atom. The lowest BCUT2D eigenvalue weighted by Gasteiger charge is -2.07. The van der Waals surface area contributed by atoms with E-state index < -0.39 is 0 Å². The maximum atomic E-state index is 5.40. The first-order valence-corrected chi connectivity index (χ1v) is 6.26. The fraction of sp³-hybridized carbons (Fsp3) is 0.286. The Balaban J connectivity index is 2.59. The monoisotopic (exact) mass is 290 g/mol. The summed E-state index contributed by atoms with van der Waals surface area (Å²) in [5, 5.41) is 1.27. The Hall–Kier alpha value is -1.24. The standard InChI is InChI=1S/C14H15BrN2/c1-4-7-17-10-11(9-16(2)3)13-8-12(15)5-6-14(13)17/h1,5-6,8,10H,7,9H2,2-3H3. The molecule has 1 aromatic heterocycles. The van der Waals surface area contributed by atoms with Crippen LogP contribution in [0, 0.1) is 12.3 Å². The lowest BCUT2D eigenvalue weighted by atomic mass is 10.2. The topological polar surface area (TPSA) is 8.17 Å². The van der Waals surface area contributed by atoms with Gasteiger partial charge in [0.1, 0.15) is 0 Å². The van der Waals surface area contributed by atoms with Crippen LogP contribution < -0.4 is 0 Å². The number of rotatable bonds is 3. The minimum absolute atomic E-state index is 0.617. The predicted molar refractivity (Wildman–Crippen MR) is 75.9 cm³/mol. The van der Waals surface area contributed by atoms with Crippen molar-refractivity contribution in [3.8, 4) is 12.3 Å². The second kappa shape index (κ2) is 4.95.